The molecule has 0 saturated carbocycles. The summed E-state index contributed by atoms with van der Waals surface area (Å²) in [6.07, 6.45) is 0.683. The van der Waals surface area contributed by atoms with Gasteiger partial charge in [0.15, 0.2) is 0 Å². The highest BCUT2D eigenvalue weighted by Gasteiger charge is 2.27. The number of carbonyl (C=O) groups is 2. The molecule has 0 spiro atoms. The first-order chi connectivity index (χ1) is 14.4. The zero-order valence-corrected chi connectivity index (χ0v) is 18.8. The van der Waals surface area contributed by atoms with E-state index in [2.05, 4.69) is 36.8 Å². The summed E-state index contributed by atoms with van der Waals surface area (Å²) in [5, 5.41) is 14.7. The van der Waals surface area contributed by atoms with Crippen LogP contribution >= 0.6 is 27.3 Å². The van der Waals surface area contributed by atoms with Crippen LogP contribution in [0.2, 0.25) is 0 Å². The molecule has 156 valence electrons. The van der Waals surface area contributed by atoms with Crippen molar-refractivity contribution in [2.75, 3.05) is 5.32 Å². The van der Waals surface area contributed by atoms with Crippen LogP contribution in [0.15, 0.2) is 53.0 Å². The van der Waals surface area contributed by atoms with Crippen molar-refractivity contribution in [1.29, 1.82) is 0 Å². The van der Waals surface area contributed by atoms with Crippen LogP contribution in [0.5, 0.6) is 0 Å². The first-order valence-corrected chi connectivity index (χ1v) is 10.9. The van der Waals surface area contributed by atoms with Crippen molar-refractivity contribution in [3.05, 3.63) is 64.4 Å². The van der Waals surface area contributed by atoms with E-state index < -0.39 is 17.8 Å². The van der Waals surface area contributed by atoms with Gasteiger partial charge in [0.2, 0.25) is 11.0 Å². The van der Waals surface area contributed by atoms with Crippen LogP contribution in [0.4, 0.5) is 9.52 Å². The number of nitrogens with one attached hydrogen (secondary N) is 2. The fourth-order valence-electron chi connectivity index (χ4n) is 2.69. The van der Waals surface area contributed by atoms with Crippen molar-refractivity contribution in [1.82, 2.24) is 15.5 Å². The molecule has 6 nitrogen and oxygen atoms in total. The summed E-state index contributed by atoms with van der Waals surface area (Å²) in [7, 11) is 0. The number of amides is 2. The number of benzene rings is 2. The summed E-state index contributed by atoms with van der Waals surface area (Å²) < 4.78 is 14.1. The van der Waals surface area contributed by atoms with Crippen LogP contribution in [-0.2, 0) is 4.79 Å². The predicted molar refractivity (Wildman–Crippen MR) is 119 cm³/mol. The van der Waals surface area contributed by atoms with E-state index in [1.165, 1.54) is 35.6 Å². The van der Waals surface area contributed by atoms with Crippen molar-refractivity contribution >= 4 is 44.2 Å². The van der Waals surface area contributed by atoms with Gasteiger partial charge in [-0.2, -0.15) is 0 Å². The summed E-state index contributed by atoms with van der Waals surface area (Å²) in [5.74, 6) is -1.37. The van der Waals surface area contributed by atoms with E-state index in [0.29, 0.717) is 16.6 Å². The first-order valence-electron chi connectivity index (χ1n) is 9.34. The molecule has 0 radical (unpaired) electrons. The normalized spacial score (nSPS) is 12.8. The summed E-state index contributed by atoms with van der Waals surface area (Å²) in [4.78, 5) is 25.4. The van der Waals surface area contributed by atoms with Crippen LogP contribution in [0, 0.1) is 11.7 Å². The third-order valence-corrected chi connectivity index (χ3v) is 6.05. The highest BCUT2D eigenvalue weighted by Crippen LogP contribution is 2.27. The van der Waals surface area contributed by atoms with Gasteiger partial charge in [0.25, 0.3) is 5.91 Å². The fourth-order valence-corrected chi connectivity index (χ4v) is 3.71. The van der Waals surface area contributed by atoms with Gasteiger partial charge in [-0.1, -0.05) is 59.7 Å². The Kier molecular flexibility index (Phi) is 7.28. The highest BCUT2D eigenvalue weighted by atomic mass is 79.9. The SMILES string of the molecule is CCC(C)C(NC(=O)c1ccc(F)cc1)C(=O)Nc1nnc(-c2ccc(Br)cc2)s1. The molecule has 0 bridgehead atoms. The molecule has 2 unspecified atom stereocenters. The minimum Gasteiger partial charge on any atom is -0.340 e. The summed E-state index contributed by atoms with van der Waals surface area (Å²) in [5.41, 5.74) is 1.17. The van der Waals surface area contributed by atoms with Gasteiger partial charge in [-0.25, -0.2) is 4.39 Å². The van der Waals surface area contributed by atoms with Crippen molar-refractivity contribution in [3.8, 4) is 10.6 Å². The van der Waals surface area contributed by atoms with Gasteiger partial charge in [0.1, 0.15) is 16.9 Å². The first kappa shape index (κ1) is 22.0. The molecule has 2 amide bonds. The molecule has 9 heteroatoms. The van der Waals surface area contributed by atoms with Crippen LogP contribution in [0.1, 0.15) is 30.6 Å². The molecular formula is C21H20BrFN4O2S. The van der Waals surface area contributed by atoms with Crippen LogP contribution in [0.25, 0.3) is 10.6 Å². The Morgan fingerprint density at radius 3 is 2.40 bits per heavy atom. The Morgan fingerprint density at radius 1 is 1.10 bits per heavy atom. The second kappa shape index (κ2) is 9.90. The third-order valence-electron chi connectivity index (χ3n) is 4.63. The molecule has 0 fully saturated rings. The molecule has 1 heterocycles. The number of nitrogens with zero attached hydrogens (tertiary/aromatic N) is 2. The third kappa shape index (κ3) is 5.48. The van der Waals surface area contributed by atoms with Crippen molar-refractivity contribution in [3.63, 3.8) is 0 Å². The van der Waals surface area contributed by atoms with Gasteiger partial charge in [0.05, 0.1) is 0 Å². The second-order valence-corrected chi connectivity index (χ2v) is 8.65. The second-order valence-electron chi connectivity index (χ2n) is 6.75. The molecule has 2 N–H and O–H groups in total. The molecule has 0 aliphatic rings. The van der Waals surface area contributed by atoms with E-state index in [1.54, 1.807) is 0 Å². The number of hydrogen-bond donors (Lipinski definition) is 2. The topological polar surface area (TPSA) is 84.0 Å². The number of hydrogen-bond acceptors (Lipinski definition) is 5. The Bertz CT molecular complexity index is 1020. The molecule has 3 aromatic rings. The minimum atomic E-state index is -0.771. The van der Waals surface area contributed by atoms with Crippen LogP contribution in [-0.4, -0.2) is 28.1 Å². The van der Waals surface area contributed by atoms with Gasteiger partial charge in [0, 0.05) is 15.6 Å². The van der Waals surface area contributed by atoms with E-state index in [4.69, 9.17) is 0 Å². The number of aromatic nitrogens is 2. The van der Waals surface area contributed by atoms with Crippen LogP contribution in [0.3, 0.4) is 0 Å². The van der Waals surface area contributed by atoms with Gasteiger partial charge >= 0.3 is 0 Å². The molecule has 3 rings (SSSR count). The lowest BCUT2D eigenvalue weighted by atomic mass is 9.98. The van der Waals surface area contributed by atoms with Gasteiger partial charge in [-0.05, 0) is 42.3 Å². The Balaban J connectivity index is 1.72. The monoisotopic (exact) mass is 490 g/mol. The Hall–Kier alpha value is -2.65. The van der Waals surface area contributed by atoms with E-state index in [1.807, 2.05) is 38.1 Å². The van der Waals surface area contributed by atoms with Crippen molar-refractivity contribution in [2.45, 2.75) is 26.3 Å². The maximum absolute atomic E-state index is 13.1. The number of anilines is 1. The molecule has 2 aromatic carbocycles. The van der Waals surface area contributed by atoms with E-state index in [0.717, 1.165) is 10.0 Å². The summed E-state index contributed by atoms with van der Waals surface area (Å²) in [6, 6.07) is 12.0. The lowest BCUT2D eigenvalue weighted by Crippen LogP contribution is -2.47. The number of rotatable bonds is 7. The number of carbonyl (C=O) groups excluding carboxylic acids is 2. The standard InChI is InChI=1S/C21H20BrFN4O2S/c1-3-12(2)17(24-18(28)13-6-10-16(23)11-7-13)19(29)25-21-27-26-20(30-21)14-4-8-15(22)9-5-14/h4-12,17H,3H2,1-2H3,(H,24,28)(H,25,27,29). The van der Waals surface area contributed by atoms with Crippen LogP contribution < -0.4 is 10.6 Å². The maximum Gasteiger partial charge on any atom is 0.251 e. The highest BCUT2D eigenvalue weighted by molar-refractivity contribution is 9.10. The quantitative estimate of drug-likeness (QED) is 0.493. The summed E-state index contributed by atoms with van der Waals surface area (Å²) in [6.45, 7) is 3.81. The molecule has 2 atom stereocenters. The summed E-state index contributed by atoms with van der Waals surface area (Å²) >= 11 is 4.64. The van der Waals surface area contributed by atoms with Gasteiger partial charge < -0.3 is 5.32 Å². The zero-order chi connectivity index (χ0) is 21.7. The van der Waals surface area contributed by atoms with Gasteiger partial charge in [-0.3, -0.25) is 14.9 Å². The molecule has 0 aliphatic carbocycles. The lowest BCUT2D eigenvalue weighted by molar-refractivity contribution is -0.119. The van der Waals surface area contributed by atoms with E-state index >= 15 is 0 Å². The Labute approximate surface area is 186 Å². The molecule has 0 saturated heterocycles. The van der Waals surface area contributed by atoms with E-state index in [-0.39, 0.29) is 17.4 Å². The minimum absolute atomic E-state index is 0.117. The van der Waals surface area contributed by atoms with E-state index in [9.17, 15) is 14.0 Å². The smallest absolute Gasteiger partial charge is 0.251 e. The van der Waals surface area contributed by atoms with Crippen molar-refractivity contribution in [2.24, 2.45) is 5.92 Å². The fraction of sp³-hybridized carbons (Fsp3) is 0.238. The molecular weight excluding hydrogens is 471 g/mol. The average molecular weight is 491 g/mol. The Morgan fingerprint density at radius 2 is 1.77 bits per heavy atom. The number of halogens is 2. The molecule has 1 aromatic heterocycles. The predicted octanol–water partition coefficient (Wildman–Crippen LogP) is 4.89. The largest absolute Gasteiger partial charge is 0.340 e. The molecule has 0 aliphatic heterocycles. The zero-order valence-electron chi connectivity index (χ0n) is 16.4. The molecule has 30 heavy (non-hydrogen) atoms. The average Bonchev–Trinajstić information content (AvgIpc) is 3.20. The maximum atomic E-state index is 13.1. The van der Waals surface area contributed by atoms with Gasteiger partial charge in [-0.15, -0.1) is 10.2 Å². The lowest BCUT2D eigenvalue weighted by Gasteiger charge is -2.23. The van der Waals surface area contributed by atoms with Crippen molar-refractivity contribution < 1.29 is 14.0 Å².